The third-order valence-corrected chi connectivity index (χ3v) is 5.96. The summed E-state index contributed by atoms with van der Waals surface area (Å²) in [5.41, 5.74) is 8.92. The summed E-state index contributed by atoms with van der Waals surface area (Å²) in [7, 11) is 0. The standard InChI is InChI=1S/C25H29N5O2/c1-16-7-13-20(14-8-16)28-24(31)18-11-9-17(10-12-18)21-15-27-23(26)22(30-21)25(32)29-19-5-3-2-4-6-19/h2-6,9-12,15-16,20,25,29,32H,7-8,13-14H2,1H3,(H2,26,27)(H,28,31)/t16-,20-,25?. The minimum absolute atomic E-state index is 0.0531. The number of nitrogens with zero attached hydrogens (tertiary/aromatic N) is 2. The maximum Gasteiger partial charge on any atom is 0.251 e. The molecule has 0 bridgehead atoms. The maximum absolute atomic E-state index is 12.6. The van der Waals surface area contributed by atoms with Gasteiger partial charge in [-0.15, -0.1) is 0 Å². The molecule has 0 radical (unpaired) electrons. The highest BCUT2D eigenvalue weighted by molar-refractivity contribution is 5.94. The van der Waals surface area contributed by atoms with Crippen LogP contribution in [-0.4, -0.2) is 27.0 Å². The van der Waals surface area contributed by atoms with E-state index in [0.29, 0.717) is 11.3 Å². The second-order valence-electron chi connectivity index (χ2n) is 8.45. The number of aliphatic hydroxyl groups is 1. The lowest BCUT2D eigenvalue weighted by molar-refractivity contribution is 0.0923. The Labute approximate surface area is 188 Å². The first kappa shape index (κ1) is 21.8. The van der Waals surface area contributed by atoms with E-state index in [4.69, 9.17) is 5.73 Å². The zero-order chi connectivity index (χ0) is 22.5. The van der Waals surface area contributed by atoms with Crippen LogP contribution in [0.5, 0.6) is 0 Å². The number of carbonyl (C=O) groups is 1. The van der Waals surface area contributed by atoms with Gasteiger partial charge in [0.1, 0.15) is 11.5 Å². The highest BCUT2D eigenvalue weighted by atomic mass is 16.3. The van der Waals surface area contributed by atoms with Crippen LogP contribution in [0.2, 0.25) is 0 Å². The van der Waals surface area contributed by atoms with Crippen LogP contribution in [0, 0.1) is 5.92 Å². The molecular weight excluding hydrogens is 402 g/mol. The Morgan fingerprint density at radius 1 is 1.06 bits per heavy atom. The average Bonchev–Trinajstić information content (AvgIpc) is 2.81. The molecular formula is C25H29N5O2. The van der Waals surface area contributed by atoms with Crippen LogP contribution < -0.4 is 16.4 Å². The molecule has 1 heterocycles. The topological polar surface area (TPSA) is 113 Å². The van der Waals surface area contributed by atoms with Crippen molar-refractivity contribution in [3.8, 4) is 11.3 Å². The Kier molecular flexibility index (Phi) is 6.66. The fourth-order valence-electron chi connectivity index (χ4n) is 3.98. The van der Waals surface area contributed by atoms with E-state index in [0.717, 1.165) is 42.9 Å². The lowest BCUT2D eigenvalue weighted by atomic mass is 9.87. The van der Waals surface area contributed by atoms with Crippen molar-refractivity contribution in [3.63, 3.8) is 0 Å². The second-order valence-corrected chi connectivity index (χ2v) is 8.45. The lowest BCUT2D eigenvalue weighted by Gasteiger charge is -2.26. The molecule has 1 aliphatic carbocycles. The molecule has 7 heteroatoms. The quantitative estimate of drug-likeness (QED) is 0.436. The average molecular weight is 432 g/mol. The number of hydrogen-bond acceptors (Lipinski definition) is 6. The van der Waals surface area contributed by atoms with Crippen LogP contribution >= 0.6 is 0 Å². The van der Waals surface area contributed by atoms with E-state index in [2.05, 4.69) is 27.5 Å². The van der Waals surface area contributed by atoms with Crippen LogP contribution in [-0.2, 0) is 0 Å². The molecule has 7 nitrogen and oxygen atoms in total. The Balaban J connectivity index is 1.45. The molecule has 0 saturated heterocycles. The van der Waals surface area contributed by atoms with E-state index in [1.165, 1.54) is 0 Å². The predicted molar refractivity (Wildman–Crippen MR) is 126 cm³/mol. The number of hydrogen-bond donors (Lipinski definition) is 4. The monoisotopic (exact) mass is 431 g/mol. The SMILES string of the molecule is C[C@H]1CC[C@H](NC(=O)c2ccc(-c3cnc(N)c(C(O)Nc4ccccc4)n3)cc2)CC1. The van der Waals surface area contributed by atoms with Gasteiger partial charge in [0.05, 0.1) is 11.9 Å². The van der Waals surface area contributed by atoms with Gasteiger partial charge in [-0.2, -0.15) is 0 Å². The lowest BCUT2D eigenvalue weighted by Crippen LogP contribution is -2.37. The van der Waals surface area contributed by atoms with Gasteiger partial charge in [0.15, 0.2) is 6.23 Å². The number of amides is 1. The molecule has 0 spiro atoms. The third kappa shape index (κ3) is 5.23. The molecule has 5 N–H and O–H groups in total. The van der Waals surface area contributed by atoms with Crippen LogP contribution in [0.4, 0.5) is 11.5 Å². The number of aromatic nitrogens is 2. The second kappa shape index (κ2) is 9.78. The normalized spacial score (nSPS) is 19.2. The predicted octanol–water partition coefficient (Wildman–Crippen LogP) is 4.14. The first-order chi connectivity index (χ1) is 15.5. The molecule has 1 amide bonds. The molecule has 1 aromatic heterocycles. The number of aliphatic hydroxyl groups excluding tert-OH is 1. The fourth-order valence-corrected chi connectivity index (χ4v) is 3.98. The summed E-state index contributed by atoms with van der Waals surface area (Å²) in [6, 6.07) is 16.8. The van der Waals surface area contributed by atoms with Crippen molar-refractivity contribution in [2.24, 2.45) is 5.92 Å². The molecule has 0 aliphatic heterocycles. The number of nitrogen functional groups attached to an aromatic ring is 1. The molecule has 166 valence electrons. The third-order valence-electron chi connectivity index (χ3n) is 5.96. The number of nitrogens with two attached hydrogens (primary N) is 1. The first-order valence-electron chi connectivity index (χ1n) is 11.0. The van der Waals surface area contributed by atoms with Gasteiger partial charge in [-0.25, -0.2) is 9.97 Å². The number of anilines is 2. The molecule has 1 saturated carbocycles. The van der Waals surface area contributed by atoms with Crippen LogP contribution in [0.15, 0.2) is 60.8 Å². The summed E-state index contributed by atoms with van der Waals surface area (Å²) < 4.78 is 0. The molecule has 4 rings (SSSR count). The molecule has 32 heavy (non-hydrogen) atoms. The highest BCUT2D eigenvalue weighted by Gasteiger charge is 2.20. The van der Waals surface area contributed by atoms with Gasteiger partial charge in [-0.05, 0) is 55.9 Å². The van der Waals surface area contributed by atoms with Crippen molar-refractivity contribution < 1.29 is 9.90 Å². The van der Waals surface area contributed by atoms with Gasteiger partial charge < -0.3 is 21.5 Å². The Morgan fingerprint density at radius 3 is 2.44 bits per heavy atom. The van der Waals surface area contributed by atoms with Gasteiger partial charge in [0.25, 0.3) is 5.91 Å². The first-order valence-corrected chi connectivity index (χ1v) is 11.0. The van der Waals surface area contributed by atoms with Crippen molar-refractivity contribution in [1.29, 1.82) is 0 Å². The van der Waals surface area contributed by atoms with E-state index in [1.54, 1.807) is 18.3 Å². The molecule has 1 unspecified atom stereocenters. The zero-order valence-electron chi connectivity index (χ0n) is 18.2. The van der Waals surface area contributed by atoms with E-state index in [9.17, 15) is 9.90 Å². The fraction of sp³-hybridized carbons (Fsp3) is 0.320. The zero-order valence-corrected chi connectivity index (χ0v) is 18.2. The van der Waals surface area contributed by atoms with Gasteiger partial charge >= 0.3 is 0 Å². The van der Waals surface area contributed by atoms with Gasteiger partial charge in [0, 0.05) is 22.9 Å². The van der Waals surface area contributed by atoms with E-state index >= 15 is 0 Å². The Morgan fingerprint density at radius 2 is 1.75 bits per heavy atom. The molecule has 1 atom stereocenters. The maximum atomic E-state index is 12.6. The van der Waals surface area contributed by atoms with Gasteiger partial charge in [-0.3, -0.25) is 4.79 Å². The minimum Gasteiger partial charge on any atom is -0.382 e. The van der Waals surface area contributed by atoms with Crippen LogP contribution in [0.3, 0.4) is 0 Å². The van der Waals surface area contributed by atoms with Crippen molar-refractivity contribution >= 4 is 17.4 Å². The van der Waals surface area contributed by atoms with Crippen LogP contribution in [0.1, 0.15) is 54.9 Å². The number of carbonyl (C=O) groups excluding carboxylic acids is 1. The van der Waals surface area contributed by atoms with Crippen molar-refractivity contribution in [2.45, 2.75) is 44.9 Å². The van der Waals surface area contributed by atoms with Crippen molar-refractivity contribution in [1.82, 2.24) is 15.3 Å². The highest BCUT2D eigenvalue weighted by Crippen LogP contribution is 2.25. The van der Waals surface area contributed by atoms with Crippen LogP contribution in [0.25, 0.3) is 11.3 Å². The molecule has 1 aliphatic rings. The van der Waals surface area contributed by atoms with E-state index in [1.807, 2.05) is 42.5 Å². The van der Waals surface area contributed by atoms with E-state index < -0.39 is 6.23 Å². The molecule has 2 aromatic carbocycles. The largest absolute Gasteiger partial charge is 0.382 e. The summed E-state index contributed by atoms with van der Waals surface area (Å²) in [5.74, 6) is 0.847. The Hall–Kier alpha value is -3.45. The molecule has 3 aromatic rings. The summed E-state index contributed by atoms with van der Waals surface area (Å²) in [6.45, 7) is 2.26. The van der Waals surface area contributed by atoms with Gasteiger partial charge in [-0.1, -0.05) is 37.3 Å². The number of rotatable bonds is 6. The number of nitrogens with one attached hydrogen (secondary N) is 2. The van der Waals surface area contributed by atoms with Crippen molar-refractivity contribution in [2.75, 3.05) is 11.1 Å². The Bertz CT molecular complexity index is 1050. The summed E-state index contributed by atoms with van der Waals surface area (Å²) in [5, 5.41) is 16.7. The number of benzene rings is 2. The van der Waals surface area contributed by atoms with Gasteiger partial charge in [0.2, 0.25) is 0 Å². The minimum atomic E-state index is -1.10. The molecule has 1 fully saturated rings. The smallest absolute Gasteiger partial charge is 0.251 e. The van der Waals surface area contributed by atoms with Crippen molar-refractivity contribution in [3.05, 3.63) is 72.1 Å². The summed E-state index contributed by atoms with van der Waals surface area (Å²) >= 11 is 0. The summed E-state index contributed by atoms with van der Waals surface area (Å²) in [6.07, 6.45) is 4.85. The number of para-hydroxylation sites is 1. The summed E-state index contributed by atoms with van der Waals surface area (Å²) in [4.78, 5) is 21.3. The van der Waals surface area contributed by atoms with E-state index in [-0.39, 0.29) is 23.5 Å².